The lowest BCUT2D eigenvalue weighted by Crippen LogP contribution is -2.26. The van der Waals surface area contributed by atoms with Gasteiger partial charge >= 0.3 is 0 Å². The molecule has 12 heteroatoms. The molecule has 0 N–H and O–H groups in total. The summed E-state index contributed by atoms with van der Waals surface area (Å²) < 4.78 is 0. The van der Waals surface area contributed by atoms with Crippen LogP contribution in [0.15, 0.2) is 146 Å². The molecule has 6 amide bonds. The van der Waals surface area contributed by atoms with Crippen LogP contribution in [0.1, 0.15) is 77.0 Å². The summed E-state index contributed by atoms with van der Waals surface area (Å²) in [6.07, 6.45) is 7.29. The van der Waals surface area contributed by atoms with E-state index in [0.717, 1.165) is 139 Å². The largest absolute Gasteiger partial charge is 0.312 e. The number of rotatable bonds is 12. The first-order valence-electron chi connectivity index (χ1n) is 27.9. The molecule has 6 fully saturated rings. The predicted octanol–water partition coefficient (Wildman–Crippen LogP) is 12.4. The summed E-state index contributed by atoms with van der Waals surface area (Å²) in [5, 5.41) is 0. The zero-order chi connectivity index (χ0) is 53.0. The first-order chi connectivity index (χ1) is 38.2. The van der Waals surface area contributed by atoms with E-state index in [-0.39, 0.29) is 35.4 Å². The minimum atomic E-state index is 0.0576. The number of nitrogens with zero attached hydrogens (tertiary/aromatic N) is 6. The van der Waals surface area contributed by atoms with Crippen LogP contribution in [0, 0.1) is 0 Å². The van der Waals surface area contributed by atoms with Crippen molar-refractivity contribution in [2.45, 2.75) is 77.0 Å². The SMILES string of the molecule is O=C1CCCN1c1cc(-c2ccccc2-c2cc(-c3ccccc3N3CCCC3=O)c(-c3ccccc3-c3cc(N4CCCC4=O)cc(N4CCCC4=O)c3)cc2-c2ccccc2N2CCCC2=O)cc(N2CCCC2=O)c1. The number of carbonyl (C=O) groups is 6. The average Bonchev–Trinajstić information content (AvgIpc) is 4.38. The molecule has 12 nitrogen and oxygen atoms in total. The van der Waals surface area contributed by atoms with Gasteiger partial charge in [-0.1, -0.05) is 84.9 Å². The molecule has 7 aromatic rings. The van der Waals surface area contributed by atoms with Crippen LogP contribution in [0.25, 0.3) is 66.8 Å². The van der Waals surface area contributed by atoms with Gasteiger partial charge in [-0.3, -0.25) is 28.8 Å². The first-order valence-corrected chi connectivity index (χ1v) is 27.9. The van der Waals surface area contributed by atoms with Gasteiger partial charge in [-0.2, -0.15) is 0 Å². The number of hydrogen-bond donors (Lipinski definition) is 0. The van der Waals surface area contributed by atoms with E-state index in [0.29, 0.717) is 77.8 Å². The van der Waals surface area contributed by atoms with Crippen molar-refractivity contribution in [2.24, 2.45) is 0 Å². The molecule has 0 aliphatic carbocycles. The molecule has 7 aromatic carbocycles. The van der Waals surface area contributed by atoms with Gasteiger partial charge < -0.3 is 29.4 Å². The summed E-state index contributed by atoms with van der Waals surface area (Å²) in [4.78, 5) is 92.9. The number of amides is 6. The topological polar surface area (TPSA) is 122 Å². The Morgan fingerprint density at radius 2 is 0.474 bits per heavy atom. The second-order valence-electron chi connectivity index (χ2n) is 21.4. The molecule has 0 atom stereocenters. The molecule has 13 rings (SSSR count). The summed E-state index contributed by atoms with van der Waals surface area (Å²) in [7, 11) is 0. The van der Waals surface area contributed by atoms with Crippen molar-refractivity contribution in [3.63, 3.8) is 0 Å². The quantitative estimate of drug-likeness (QED) is 0.120. The molecule has 6 aliphatic rings. The Kier molecular flexibility index (Phi) is 12.8. The van der Waals surface area contributed by atoms with Crippen molar-refractivity contribution in [3.8, 4) is 66.8 Å². The molecule has 6 heterocycles. The van der Waals surface area contributed by atoms with E-state index in [4.69, 9.17) is 0 Å². The van der Waals surface area contributed by atoms with Crippen LogP contribution in [0.4, 0.5) is 34.1 Å². The summed E-state index contributed by atoms with van der Waals surface area (Å²) in [5.41, 5.74) is 15.2. The molecule has 390 valence electrons. The zero-order valence-corrected chi connectivity index (χ0v) is 43.7. The molecular weight excluding hydrogens is 973 g/mol. The molecule has 0 radical (unpaired) electrons. The van der Waals surface area contributed by atoms with Gasteiger partial charge in [0.2, 0.25) is 35.4 Å². The Morgan fingerprint density at radius 3 is 0.756 bits per heavy atom. The van der Waals surface area contributed by atoms with Crippen LogP contribution >= 0.6 is 0 Å². The second kappa shape index (κ2) is 20.4. The Morgan fingerprint density at radius 1 is 0.231 bits per heavy atom. The van der Waals surface area contributed by atoms with Gasteiger partial charge in [0, 0.05) is 112 Å². The summed E-state index contributed by atoms with van der Waals surface area (Å²) >= 11 is 0. The molecule has 0 saturated carbocycles. The third-order valence-corrected chi connectivity index (χ3v) is 16.7. The minimum Gasteiger partial charge on any atom is -0.312 e. The Hall–Kier alpha value is -8.64. The van der Waals surface area contributed by atoms with Crippen LogP contribution in [0.2, 0.25) is 0 Å². The molecular formula is C66H60N6O6. The molecule has 0 unspecified atom stereocenters. The number of para-hydroxylation sites is 2. The third kappa shape index (κ3) is 8.82. The van der Waals surface area contributed by atoms with Crippen LogP contribution in [0.5, 0.6) is 0 Å². The highest BCUT2D eigenvalue weighted by Gasteiger charge is 2.33. The predicted molar refractivity (Wildman–Crippen MR) is 309 cm³/mol. The van der Waals surface area contributed by atoms with Gasteiger partial charge in [-0.15, -0.1) is 0 Å². The summed E-state index contributed by atoms with van der Waals surface area (Å²) in [5.74, 6) is 0.363. The summed E-state index contributed by atoms with van der Waals surface area (Å²) in [6, 6.07) is 49.7. The highest BCUT2D eigenvalue weighted by Crippen LogP contribution is 2.51. The Bertz CT molecular complexity index is 3320. The molecule has 78 heavy (non-hydrogen) atoms. The van der Waals surface area contributed by atoms with E-state index in [1.165, 1.54) is 0 Å². The number of hydrogen-bond acceptors (Lipinski definition) is 6. The highest BCUT2D eigenvalue weighted by molar-refractivity contribution is 6.09. The van der Waals surface area contributed by atoms with E-state index >= 15 is 0 Å². The highest BCUT2D eigenvalue weighted by atomic mass is 16.2. The van der Waals surface area contributed by atoms with E-state index < -0.39 is 0 Å². The van der Waals surface area contributed by atoms with Crippen molar-refractivity contribution in [1.29, 1.82) is 0 Å². The fourth-order valence-corrected chi connectivity index (χ4v) is 12.9. The van der Waals surface area contributed by atoms with Gasteiger partial charge in [-0.05, 0) is 155 Å². The van der Waals surface area contributed by atoms with Gasteiger partial charge in [0.05, 0.1) is 11.4 Å². The van der Waals surface area contributed by atoms with Crippen molar-refractivity contribution < 1.29 is 28.8 Å². The standard InChI is InChI=1S/C66H60N6O6/c73-61-23-9-29-67(61)45-35-43(36-46(39-45)68-30-10-24-62(68)74)49-15-1-3-17-51(49)55-41-58(54-20-6-8-22-60(54)72-34-14-28-66(72)78)56(42-57(55)53-19-5-7-21-59(53)71-33-13-27-65(71)77)52-18-4-2-16-50(52)44-37-47(69-31-11-25-63(69)75)40-48(38-44)70-32-12-26-64(70)76/h1-8,15-22,35-42H,9-14,23-34H2. The fraction of sp³-hybridized carbons (Fsp3) is 0.273. The lowest BCUT2D eigenvalue weighted by molar-refractivity contribution is -0.117. The number of anilines is 6. The zero-order valence-electron chi connectivity index (χ0n) is 43.7. The van der Waals surface area contributed by atoms with Crippen LogP contribution < -0.4 is 29.4 Å². The molecule has 6 saturated heterocycles. The molecule has 0 spiro atoms. The minimum absolute atomic E-state index is 0.0576. The van der Waals surface area contributed by atoms with E-state index in [1.807, 2.05) is 102 Å². The van der Waals surface area contributed by atoms with Crippen molar-refractivity contribution >= 4 is 69.6 Å². The lowest BCUT2D eigenvalue weighted by Gasteiger charge is -2.27. The first kappa shape index (κ1) is 49.0. The Balaban J connectivity index is 1.10. The maximum atomic E-state index is 13.9. The van der Waals surface area contributed by atoms with E-state index in [1.54, 1.807) is 0 Å². The number of carbonyl (C=O) groups excluding carboxylic acids is 6. The van der Waals surface area contributed by atoms with Crippen LogP contribution in [0.3, 0.4) is 0 Å². The van der Waals surface area contributed by atoms with Crippen molar-refractivity contribution in [1.82, 2.24) is 0 Å². The number of benzene rings is 7. The van der Waals surface area contributed by atoms with Crippen molar-refractivity contribution in [2.75, 3.05) is 68.7 Å². The Labute approximate surface area is 454 Å². The molecule has 0 bridgehead atoms. The maximum absolute atomic E-state index is 13.9. The fourth-order valence-electron chi connectivity index (χ4n) is 12.9. The van der Waals surface area contributed by atoms with Gasteiger partial charge in [0.25, 0.3) is 0 Å². The van der Waals surface area contributed by atoms with Crippen LogP contribution in [-0.4, -0.2) is 74.7 Å². The second-order valence-corrected chi connectivity index (χ2v) is 21.4. The van der Waals surface area contributed by atoms with Gasteiger partial charge in [0.1, 0.15) is 0 Å². The van der Waals surface area contributed by atoms with Crippen LogP contribution in [-0.2, 0) is 28.8 Å². The lowest BCUT2D eigenvalue weighted by atomic mass is 9.81. The maximum Gasteiger partial charge on any atom is 0.227 e. The average molecular weight is 1030 g/mol. The van der Waals surface area contributed by atoms with Crippen molar-refractivity contribution in [3.05, 3.63) is 146 Å². The smallest absolute Gasteiger partial charge is 0.227 e. The van der Waals surface area contributed by atoms with Gasteiger partial charge in [-0.25, -0.2) is 0 Å². The summed E-state index contributed by atoms with van der Waals surface area (Å²) in [6.45, 7) is 3.55. The van der Waals surface area contributed by atoms with E-state index in [9.17, 15) is 28.8 Å². The molecule has 6 aliphatic heterocycles. The third-order valence-electron chi connectivity index (χ3n) is 16.7. The normalized spacial score (nSPS) is 17.8. The monoisotopic (exact) mass is 1030 g/mol. The molecule has 0 aromatic heterocycles. The van der Waals surface area contributed by atoms with E-state index in [2.05, 4.69) is 72.8 Å². The van der Waals surface area contributed by atoms with Gasteiger partial charge in [0.15, 0.2) is 0 Å².